The Labute approximate surface area is 191 Å². The van der Waals surface area contributed by atoms with E-state index < -0.39 is 11.8 Å². The molecule has 4 rings (SSSR count). The summed E-state index contributed by atoms with van der Waals surface area (Å²) in [6.45, 7) is 2.42. The second-order valence-electron chi connectivity index (χ2n) is 6.93. The van der Waals surface area contributed by atoms with E-state index in [1.807, 2.05) is 19.1 Å². The summed E-state index contributed by atoms with van der Waals surface area (Å²) in [5.74, 6) is 0.251. The van der Waals surface area contributed by atoms with Crippen molar-refractivity contribution >= 4 is 40.4 Å². The molecule has 1 aliphatic rings. The van der Waals surface area contributed by atoms with Crippen LogP contribution in [0.4, 0.5) is 11.4 Å². The Kier molecular flexibility index (Phi) is 6.14. The van der Waals surface area contributed by atoms with Crippen LogP contribution in [0.5, 0.6) is 11.5 Å². The Balaban J connectivity index is 1.83. The van der Waals surface area contributed by atoms with Gasteiger partial charge in [0.25, 0.3) is 11.8 Å². The summed E-state index contributed by atoms with van der Waals surface area (Å²) in [7, 11) is 1.54. The molecule has 0 aliphatic carbocycles. The topological polar surface area (TPSA) is 67.9 Å². The maximum absolute atomic E-state index is 13.5. The van der Waals surface area contributed by atoms with Crippen LogP contribution < -0.4 is 19.7 Å². The third-order valence-corrected chi connectivity index (χ3v) is 5.32. The lowest BCUT2D eigenvalue weighted by Gasteiger charge is -2.17. The fourth-order valence-corrected chi connectivity index (χ4v) is 3.75. The van der Waals surface area contributed by atoms with Crippen LogP contribution in [-0.2, 0) is 9.59 Å². The number of hydrogen-bond acceptors (Lipinski definition) is 5. The van der Waals surface area contributed by atoms with Gasteiger partial charge in [-0.3, -0.25) is 9.59 Å². The van der Waals surface area contributed by atoms with Gasteiger partial charge in [0.05, 0.1) is 35.7 Å². The molecule has 0 radical (unpaired) electrons. The van der Waals surface area contributed by atoms with Gasteiger partial charge < -0.3 is 14.8 Å². The molecule has 1 N–H and O–H groups in total. The molecule has 7 heteroatoms. The van der Waals surface area contributed by atoms with E-state index in [0.29, 0.717) is 40.1 Å². The summed E-state index contributed by atoms with van der Waals surface area (Å²) in [6.07, 6.45) is 0. The van der Waals surface area contributed by atoms with Crippen molar-refractivity contribution < 1.29 is 19.1 Å². The molecule has 32 heavy (non-hydrogen) atoms. The first-order valence-corrected chi connectivity index (χ1v) is 10.4. The maximum Gasteiger partial charge on any atom is 0.282 e. The zero-order chi connectivity index (χ0) is 22.7. The lowest BCUT2D eigenvalue weighted by Crippen LogP contribution is -2.32. The third kappa shape index (κ3) is 3.92. The Morgan fingerprint density at radius 3 is 2.28 bits per heavy atom. The number of methoxy groups -OCH3 is 1. The molecule has 6 nitrogen and oxygen atoms in total. The highest BCUT2D eigenvalue weighted by atomic mass is 35.5. The van der Waals surface area contributed by atoms with Crippen molar-refractivity contribution in [2.45, 2.75) is 6.92 Å². The Hall–Kier alpha value is -3.77. The molecular weight excluding hydrogens is 428 g/mol. The average molecular weight is 449 g/mol. The Morgan fingerprint density at radius 2 is 1.59 bits per heavy atom. The van der Waals surface area contributed by atoms with Crippen molar-refractivity contribution in [3.8, 4) is 11.5 Å². The van der Waals surface area contributed by atoms with E-state index in [2.05, 4.69) is 5.32 Å². The molecule has 0 saturated carbocycles. The van der Waals surface area contributed by atoms with Crippen LogP contribution in [0.1, 0.15) is 12.5 Å². The van der Waals surface area contributed by atoms with Crippen molar-refractivity contribution in [2.75, 3.05) is 23.9 Å². The molecule has 0 atom stereocenters. The van der Waals surface area contributed by atoms with Gasteiger partial charge in [-0.25, -0.2) is 4.90 Å². The summed E-state index contributed by atoms with van der Waals surface area (Å²) in [6, 6.07) is 21.0. The van der Waals surface area contributed by atoms with E-state index in [4.69, 9.17) is 21.1 Å². The number of carbonyl (C=O) groups excluding carboxylic acids is 2. The van der Waals surface area contributed by atoms with E-state index in [1.165, 1.54) is 0 Å². The van der Waals surface area contributed by atoms with Crippen LogP contribution in [0.3, 0.4) is 0 Å². The second-order valence-corrected chi connectivity index (χ2v) is 7.34. The predicted octanol–water partition coefficient (Wildman–Crippen LogP) is 5.14. The van der Waals surface area contributed by atoms with Gasteiger partial charge in [-0.15, -0.1) is 0 Å². The first-order valence-electron chi connectivity index (χ1n) is 10.1. The summed E-state index contributed by atoms with van der Waals surface area (Å²) in [4.78, 5) is 28.1. The van der Waals surface area contributed by atoms with Gasteiger partial charge in [0, 0.05) is 0 Å². The maximum atomic E-state index is 13.5. The van der Waals surface area contributed by atoms with Gasteiger partial charge in [-0.05, 0) is 48.9 Å². The number of nitrogens with zero attached hydrogens (tertiary/aromatic N) is 1. The molecule has 0 unspecified atom stereocenters. The quantitative estimate of drug-likeness (QED) is 0.506. The molecule has 0 fully saturated rings. The zero-order valence-corrected chi connectivity index (χ0v) is 18.3. The summed E-state index contributed by atoms with van der Waals surface area (Å²) in [5.41, 5.74) is 1.85. The monoisotopic (exact) mass is 448 g/mol. The zero-order valence-electron chi connectivity index (χ0n) is 17.6. The molecule has 0 aromatic heterocycles. The highest BCUT2D eigenvalue weighted by Gasteiger charge is 2.41. The lowest BCUT2D eigenvalue weighted by molar-refractivity contribution is -0.120. The van der Waals surface area contributed by atoms with Gasteiger partial charge in [0.15, 0.2) is 0 Å². The highest BCUT2D eigenvalue weighted by Crippen LogP contribution is 2.38. The first kappa shape index (κ1) is 21.5. The smallest absolute Gasteiger partial charge is 0.282 e. The number of ether oxygens (including phenoxy) is 2. The Bertz CT molecular complexity index is 1200. The normalized spacial score (nSPS) is 13.5. The van der Waals surface area contributed by atoms with E-state index in [0.717, 1.165) is 4.90 Å². The Morgan fingerprint density at radius 1 is 0.906 bits per heavy atom. The molecule has 3 aromatic carbocycles. The SMILES string of the molecule is CCOc1ccc(C2=C(Nc3ccccc3OC)C(=O)N(c3ccccc3Cl)C2=O)cc1. The molecule has 0 bridgehead atoms. The number of anilines is 2. The van der Waals surface area contributed by atoms with E-state index in [9.17, 15) is 9.59 Å². The largest absolute Gasteiger partial charge is 0.495 e. The standard InChI is InChI=1S/C25H21ClN2O4/c1-3-32-17-14-12-16(13-15-17)22-23(27-19-9-5-7-11-21(19)31-2)25(30)28(24(22)29)20-10-6-4-8-18(20)26/h4-15,27H,3H2,1-2H3. The minimum Gasteiger partial charge on any atom is -0.495 e. The summed E-state index contributed by atoms with van der Waals surface area (Å²) in [5, 5.41) is 3.42. The van der Waals surface area contributed by atoms with E-state index >= 15 is 0 Å². The van der Waals surface area contributed by atoms with Crippen molar-refractivity contribution in [2.24, 2.45) is 0 Å². The van der Waals surface area contributed by atoms with Gasteiger partial charge >= 0.3 is 0 Å². The van der Waals surface area contributed by atoms with Gasteiger partial charge in [-0.1, -0.05) is 48.0 Å². The molecule has 0 spiro atoms. The van der Waals surface area contributed by atoms with Crippen LogP contribution in [0.15, 0.2) is 78.5 Å². The van der Waals surface area contributed by atoms with Gasteiger partial charge in [0.1, 0.15) is 17.2 Å². The van der Waals surface area contributed by atoms with E-state index in [1.54, 1.807) is 67.8 Å². The number of para-hydroxylation sites is 3. The van der Waals surface area contributed by atoms with Crippen LogP contribution >= 0.6 is 11.6 Å². The number of nitrogens with one attached hydrogen (secondary N) is 1. The molecule has 162 valence electrons. The van der Waals surface area contributed by atoms with Crippen LogP contribution in [-0.4, -0.2) is 25.5 Å². The fraction of sp³-hybridized carbons (Fsp3) is 0.120. The number of rotatable bonds is 7. The number of halogens is 1. The van der Waals surface area contributed by atoms with Crippen molar-refractivity contribution in [3.05, 3.63) is 89.1 Å². The number of amides is 2. The van der Waals surface area contributed by atoms with Crippen molar-refractivity contribution in [1.29, 1.82) is 0 Å². The summed E-state index contributed by atoms with van der Waals surface area (Å²) < 4.78 is 10.9. The van der Waals surface area contributed by atoms with E-state index in [-0.39, 0.29) is 11.3 Å². The van der Waals surface area contributed by atoms with Crippen molar-refractivity contribution in [3.63, 3.8) is 0 Å². The third-order valence-electron chi connectivity index (χ3n) is 5.00. The molecule has 3 aromatic rings. The van der Waals surface area contributed by atoms with Crippen LogP contribution in [0.25, 0.3) is 5.57 Å². The van der Waals surface area contributed by atoms with Crippen molar-refractivity contribution in [1.82, 2.24) is 0 Å². The average Bonchev–Trinajstić information content (AvgIpc) is 3.05. The molecule has 1 aliphatic heterocycles. The molecular formula is C25H21ClN2O4. The minimum absolute atomic E-state index is 0.142. The summed E-state index contributed by atoms with van der Waals surface area (Å²) >= 11 is 6.32. The number of carbonyl (C=O) groups is 2. The molecule has 2 amide bonds. The van der Waals surface area contributed by atoms with Gasteiger partial charge in [-0.2, -0.15) is 0 Å². The van der Waals surface area contributed by atoms with Crippen LogP contribution in [0, 0.1) is 0 Å². The molecule has 1 heterocycles. The predicted molar refractivity (Wildman–Crippen MR) is 125 cm³/mol. The number of hydrogen-bond donors (Lipinski definition) is 1. The first-order chi connectivity index (χ1) is 15.5. The second kappa shape index (κ2) is 9.16. The lowest BCUT2D eigenvalue weighted by atomic mass is 10.0. The number of benzene rings is 3. The molecule has 0 saturated heterocycles. The minimum atomic E-state index is -0.502. The fourth-order valence-electron chi connectivity index (χ4n) is 3.53. The van der Waals surface area contributed by atoms with Crippen LogP contribution in [0.2, 0.25) is 5.02 Å². The highest BCUT2D eigenvalue weighted by molar-refractivity contribution is 6.48. The number of imide groups is 1. The van der Waals surface area contributed by atoms with Gasteiger partial charge in [0.2, 0.25) is 0 Å².